The van der Waals surface area contributed by atoms with E-state index in [1.165, 1.54) is 32.1 Å². The van der Waals surface area contributed by atoms with Gasteiger partial charge in [-0.15, -0.1) is 0 Å². The predicted octanol–water partition coefficient (Wildman–Crippen LogP) is 2.18. The van der Waals surface area contributed by atoms with E-state index in [1.807, 2.05) is 6.92 Å². The molecule has 1 saturated carbocycles. The number of piperidine rings is 1. The van der Waals surface area contributed by atoms with Crippen LogP contribution in [0.25, 0.3) is 0 Å². The Bertz CT molecular complexity index is 282. The van der Waals surface area contributed by atoms with Gasteiger partial charge in [0.25, 0.3) is 0 Å². The van der Waals surface area contributed by atoms with Crippen LogP contribution in [0.15, 0.2) is 0 Å². The number of hydrogen-bond donors (Lipinski definition) is 1. The fourth-order valence-corrected chi connectivity index (χ4v) is 3.32. The molecular weight excluding hydrogens is 252 g/mol. The summed E-state index contributed by atoms with van der Waals surface area (Å²) in [6, 6.07) is 0.451. The van der Waals surface area contributed by atoms with Crippen LogP contribution < -0.4 is 5.32 Å². The summed E-state index contributed by atoms with van der Waals surface area (Å²) in [6.45, 7) is 6.72. The SMILES string of the molecule is CCOCCN1CCC(C(=O)NC2CCCCC2)CC1. The zero-order valence-electron chi connectivity index (χ0n) is 12.9. The van der Waals surface area contributed by atoms with E-state index >= 15 is 0 Å². The highest BCUT2D eigenvalue weighted by Gasteiger charge is 2.26. The Labute approximate surface area is 123 Å². The maximum Gasteiger partial charge on any atom is 0.223 e. The van der Waals surface area contributed by atoms with Crippen LogP contribution in [0.1, 0.15) is 51.9 Å². The molecule has 4 heteroatoms. The lowest BCUT2D eigenvalue weighted by atomic mass is 9.92. The third-order valence-corrected chi connectivity index (χ3v) is 4.67. The van der Waals surface area contributed by atoms with Gasteiger partial charge in [0.1, 0.15) is 0 Å². The average molecular weight is 282 g/mol. The highest BCUT2D eigenvalue weighted by Crippen LogP contribution is 2.21. The summed E-state index contributed by atoms with van der Waals surface area (Å²) >= 11 is 0. The molecule has 1 aliphatic carbocycles. The molecule has 0 bridgehead atoms. The fraction of sp³-hybridized carbons (Fsp3) is 0.938. The molecule has 0 aromatic rings. The van der Waals surface area contributed by atoms with Gasteiger partial charge in [-0.25, -0.2) is 0 Å². The number of rotatable bonds is 6. The van der Waals surface area contributed by atoms with Crippen molar-refractivity contribution in [2.45, 2.75) is 57.9 Å². The van der Waals surface area contributed by atoms with Crippen LogP contribution in [0.2, 0.25) is 0 Å². The third-order valence-electron chi connectivity index (χ3n) is 4.67. The average Bonchev–Trinajstić information content (AvgIpc) is 2.49. The number of carbonyl (C=O) groups is 1. The number of amides is 1. The first-order chi connectivity index (χ1) is 9.79. The lowest BCUT2D eigenvalue weighted by molar-refractivity contribution is -0.127. The zero-order chi connectivity index (χ0) is 14.2. The minimum atomic E-state index is 0.236. The topological polar surface area (TPSA) is 41.6 Å². The number of nitrogens with one attached hydrogen (secondary N) is 1. The Kier molecular flexibility index (Phi) is 6.80. The molecule has 1 aliphatic heterocycles. The van der Waals surface area contributed by atoms with Gasteiger partial charge in [-0.1, -0.05) is 19.3 Å². The van der Waals surface area contributed by atoms with E-state index < -0.39 is 0 Å². The van der Waals surface area contributed by atoms with Crippen LogP contribution in [0.3, 0.4) is 0 Å². The quantitative estimate of drug-likeness (QED) is 0.759. The van der Waals surface area contributed by atoms with E-state index in [9.17, 15) is 4.79 Å². The van der Waals surface area contributed by atoms with E-state index in [0.29, 0.717) is 11.9 Å². The Morgan fingerprint density at radius 2 is 1.85 bits per heavy atom. The van der Waals surface area contributed by atoms with Crippen molar-refractivity contribution in [1.82, 2.24) is 10.2 Å². The molecule has 1 amide bonds. The standard InChI is InChI=1S/C16H30N2O2/c1-2-20-13-12-18-10-8-14(9-11-18)16(19)17-15-6-4-3-5-7-15/h14-15H,2-13H2,1H3,(H,17,19). The summed E-state index contributed by atoms with van der Waals surface area (Å²) in [7, 11) is 0. The first-order valence-corrected chi connectivity index (χ1v) is 8.40. The minimum absolute atomic E-state index is 0.236. The van der Waals surface area contributed by atoms with Gasteiger partial charge in [0.15, 0.2) is 0 Å². The molecule has 20 heavy (non-hydrogen) atoms. The molecule has 0 spiro atoms. The van der Waals surface area contributed by atoms with Crippen LogP contribution in [0, 0.1) is 5.92 Å². The predicted molar refractivity (Wildman–Crippen MR) is 80.7 cm³/mol. The molecule has 0 aromatic carbocycles. The molecule has 1 saturated heterocycles. The van der Waals surface area contributed by atoms with Gasteiger partial charge in [0, 0.05) is 25.1 Å². The van der Waals surface area contributed by atoms with E-state index in [4.69, 9.17) is 4.74 Å². The molecule has 116 valence electrons. The second kappa shape index (κ2) is 8.63. The molecule has 0 aromatic heterocycles. The van der Waals surface area contributed by atoms with Gasteiger partial charge < -0.3 is 15.0 Å². The van der Waals surface area contributed by atoms with Gasteiger partial charge in [-0.3, -0.25) is 4.79 Å². The Morgan fingerprint density at radius 3 is 2.50 bits per heavy atom. The summed E-state index contributed by atoms with van der Waals surface area (Å²) in [5.74, 6) is 0.543. The third kappa shape index (κ3) is 5.06. The number of nitrogens with zero attached hydrogens (tertiary/aromatic N) is 1. The van der Waals surface area contributed by atoms with Crippen molar-refractivity contribution in [1.29, 1.82) is 0 Å². The molecule has 4 nitrogen and oxygen atoms in total. The van der Waals surface area contributed by atoms with Crippen LogP contribution in [-0.4, -0.2) is 49.7 Å². The van der Waals surface area contributed by atoms with Crippen LogP contribution in [0.5, 0.6) is 0 Å². The Hall–Kier alpha value is -0.610. The first-order valence-electron chi connectivity index (χ1n) is 8.40. The van der Waals surface area contributed by atoms with Gasteiger partial charge in [0.05, 0.1) is 6.61 Å². The second-order valence-electron chi connectivity index (χ2n) is 6.16. The van der Waals surface area contributed by atoms with Crippen LogP contribution >= 0.6 is 0 Å². The summed E-state index contributed by atoms with van der Waals surface area (Å²) in [6.07, 6.45) is 8.26. The van der Waals surface area contributed by atoms with Gasteiger partial charge in [0.2, 0.25) is 5.91 Å². The van der Waals surface area contributed by atoms with E-state index in [-0.39, 0.29) is 5.92 Å². The molecule has 0 radical (unpaired) electrons. The summed E-state index contributed by atoms with van der Waals surface area (Å²) in [5.41, 5.74) is 0. The molecule has 2 rings (SSSR count). The zero-order valence-corrected chi connectivity index (χ0v) is 12.9. The van der Waals surface area contributed by atoms with Crippen molar-refractivity contribution in [3.63, 3.8) is 0 Å². The smallest absolute Gasteiger partial charge is 0.223 e. The molecule has 2 fully saturated rings. The number of carbonyl (C=O) groups excluding carboxylic acids is 1. The molecular formula is C16H30N2O2. The summed E-state index contributed by atoms with van der Waals surface area (Å²) < 4.78 is 5.39. The van der Waals surface area contributed by atoms with Crippen molar-refractivity contribution < 1.29 is 9.53 Å². The van der Waals surface area contributed by atoms with E-state index in [1.54, 1.807) is 0 Å². The molecule has 0 atom stereocenters. The van der Waals surface area contributed by atoms with Crippen LogP contribution in [-0.2, 0) is 9.53 Å². The normalized spacial score (nSPS) is 22.9. The van der Waals surface area contributed by atoms with Gasteiger partial charge >= 0.3 is 0 Å². The number of hydrogen-bond acceptors (Lipinski definition) is 3. The highest BCUT2D eigenvalue weighted by molar-refractivity contribution is 5.79. The maximum absolute atomic E-state index is 12.3. The Morgan fingerprint density at radius 1 is 1.15 bits per heavy atom. The Balaban J connectivity index is 1.63. The summed E-state index contributed by atoms with van der Waals surface area (Å²) in [5, 5.41) is 3.27. The largest absolute Gasteiger partial charge is 0.380 e. The molecule has 0 unspecified atom stereocenters. The van der Waals surface area contributed by atoms with Crippen molar-refractivity contribution in [2.75, 3.05) is 32.8 Å². The number of likely N-dealkylation sites (tertiary alicyclic amines) is 1. The van der Waals surface area contributed by atoms with Crippen LogP contribution in [0.4, 0.5) is 0 Å². The highest BCUT2D eigenvalue weighted by atomic mass is 16.5. The van der Waals surface area contributed by atoms with Crippen molar-refractivity contribution >= 4 is 5.91 Å². The van der Waals surface area contributed by atoms with Crippen molar-refractivity contribution in [2.24, 2.45) is 5.92 Å². The molecule has 1 N–H and O–H groups in total. The molecule has 1 heterocycles. The minimum Gasteiger partial charge on any atom is -0.380 e. The van der Waals surface area contributed by atoms with Gasteiger partial charge in [-0.05, 0) is 45.7 Å². The lowest BCUT2D eigenvalue weighted by Gasteiger charge is -2.32. The monoisotopic (exact) mass is 282 g/mol. The second-order valence-corrected chi connectivity index (χ2v) is 6.16. The molecule has 2 aliphatic rings. The first kappa shape index (κ1) is 15.8. The lowest BCUT2D eigenvalue weighted by Crippen LogP contribution is -2.44. The number of ether oxygens (including phenoxy) is 1. The van der Waals surface area contributed by atoms with Crippen molar-refractivity contribution in [3.8, 4) is 0 Å². The van der Waals surface area contributed by atoms with E-state index in [2.05, 4.69) is 10.2 Å². The maximum atomic E-state index is 12.3. The summed E-state index contributed by atoms with van der Waals surface area (Å²) in [4.78, 5) is 14.7. The van der Waals surface area contributed by atoms with E-state index in [0.717, 1.165) is 45.7 Å². The van der Waals surface area contributed by atoms with Gasteiger partial charge in [-0.2, -0.15) is 0 Å². The van der Waals surface area contributed by atoms with Crippen molar-refractivity contribution in [3.05, 3.63) is 0 Å². The fourth-order valence-electron chi connectivity index (χ4n) is 3.32.